The minimum atomic E-state index is -2.36. The fourth-order valence-electron chi connectivity index (χ4n) is 4.04. The summed E-state index contributed by atoms with van der Waals surface area (Å²) in [6, 6.07) is 9.96. The zero-order valence-electron chi connectivity index (χ0n) is 18.4. The summed E-state index contributed by atoms with van der Waals surface area (Å²) in [7, 11) is 0. The van der Waals surface area contributed by atoms with Crippen LogP contribution in [0.2, 0.25) is 13.3 Å². The van der Waals surface area contributed by atoms with Crippen LogP contribution in [0.4, 0.5) is 0 Å². The zero-order chi connectivity index (χ0) is 20.0. The predicted octanol–water partition coefficient (Wildman–Crippen LogP) is 7.32. The molecular formula is C24H43NOSn. The van der Waals surface area contributed by atoms with Crippen molar-refractivity contribution in [1.29, 1.82) is 0 Å². The van der Waals surface area contributed by atoms with E-state index in [1.54, 1.807) is 0 Å². The molecule has 154 valence electrons. The van der Waals surface area contributed by atoms with Crippen molar-refractivity contribution in [2.75, 3.05) is 11.1 Å². The van der Waals surface area contributed by atoms with Crippen molar-refractivity contribution >= 4 is 24.3 Å². The van der Waals surface area contributed by atoms with Gasteiger partial charge in [-0.05, 0) is 0 Å². The second kappa shape index (κ2) is 14.5. The molecule has 0 spiro atoms. The normalized spacial score (nSPS) is 11.6. The van der Waals surface area contributed by atoms with Gasteiger partial charge < -0.3 is 0 Å². The van der Waals surface area contributed by atoms with E-state index in [0.29, 0.717) is 0 Å². The Morgan fingerprint density at radius 3 is 1.70 bits per heavy atom. The van der Waals surface area contributed by atoms with Gasteiger partial charge in [0.05, 0.1) is 0 Å². The molecule has 1 aromatic carbocycles. The molecule has 0 aliphatic rings. The summed E-state index contributed by atoms with van der Waals surface area (Å²) in [6.45, 7) is 10.1. The average molecular weight is 480 g/mol. The van der Waals surface area contributed by atoms with Crippen molar-refractivity contribution in [3.63, 3.8) is 0 Å². The molecule has 0 atom stereocenters. The van der Waals surface area contributed by atoms with Gasteiger partial charge in [-0.3, -0.25) is 0 Å². The standard InChI is InChI=1S/C12H16NO.3C4H9.Sn/c1-3-4-10-13(2)12(14)11-8-6-5-7-9-11;3*1-3-4-2;/h5-9H,2-4,10H2,1H3;3*1,3-4H2,2H3;. The minimum absolute atomic E-state index is 0.273. The van der Waals surface area contributed by atoms with Crippen molar-refractivity contribution in [2.24, 2.45) is 0 Å². The fraction of sp³-hybridized carbons (Fsp3) is 0.708. The Morgan fingerprint density at radius 1 is 0.778 bits per heavy atom. The summed E-state index contributed by atoms with van der Waals surface area (Å²) >= 11 is -2.36. The topological polar surface area (TPSA) is 20.3 Å². The summed E-state index contributed by atoms with van der Waals surface area (Å²) in [5.41, 5.74) is 0.871. The molecule has 3 heteroatoms. The number of unbranched alkanes of at least 4 members (excludes halogenated alkanes) is 4. The third kappa shape index (κ3) is 9.02. The Hall–Kier alpha value is -0.511. The van der Waals surface area contributed by atoms with Crippen molar-refractivity contribution in [3.8, 4) is 0 Å². The fourth-order valence-corrected chi connectivity index (χ4v) is 20.2. The summed E-state index contributed by atoms with van der Waals surface area (Å²) in [6.07, 6.45) is 10.2. The summed E-state index contributed by atoms with van der Waals surface area (Å²) in [4.78, 5) is 15.6. The van der Waals surface area contributed by atoms with E-state index >= 15 is 0 Å². The molecule has 0 N–H and O–H groups in total. The Balaban J connectivity index is 3.06. The van der Waals surface area contributed by atoms with Crippen molar-refractivity contribution in [1.82, 2.24) is 4.90 Å². The molecule has 0 aromatic heterocycles. The van der Waals surface area contributed by atoms with Gasteiger partial charge in [0.1, 0.15) is 0 Å². The molecule has 1 rings (SSSR count). The predicted molar refractivity (Wildman–Crippen MR) is 122 cm³/mol. The van der Waals surface area contributed by atoms with Gasteiger partial charge in [0.15, 0.2) is 0 Å². The van der Waals surface area contributed by atoms with Crippen molar-refractivity contribution < 1.29 is 4.79 Å². The van der Waals surface area contributed by atoms with Crippen LogP contribution in [-0.2, 0) is 0 Å². The van der Waals surface area contributed by atoms with Gasteiger partial charge in [-0.1, -0.05) is 0 Å². The number of carbonyl (C=O) groups excluding carboxylic acids is 1. The summed E-state index contributed by atoms with van der Waals surface area (Å²) in [5, 5.41) is 0. The molecule has 0 aliphatic heterocycles. The Morgan fingerprint density at radius 2 is 1.26 bits per heavy atom. The van der Waals surface area contributed by atoms with Crippen LogP contribution in [0.25, 0.3) is 0 Å². The molecular weight excluding hydrogens is 437 g/mol. The van der Waals surface area contributed by atoms with E-state index in [9.17, 15) is 4.79 Å². The summed E-state index contributed by atoms with van der Waals surface area (Å²) < 4.78 is 5.55. The molecule has 0 radical (unpaired) electrons. The van der Waals surface area contributed by atoms with Gasteiger partial charge >= 0.3 is 173 Å². The molecule has 0 saturated heterocycles. The van der Waals surface area contributed by atoms with Crippen LogP contribution >= 0.6 is 0 Å². The van der Waals surface area contributed by atoms with Gasteiger partial charge in [0, 0.05) is 0 Å². The van der Waals surface area contributed by atoms with Gasteiger partial charge in [0.25, 0.3) is 0 Å². The molecule has 0 aliphatic carbocycles. The number of benzene rings is 1. The van der Waals surface area contributed by atoms with Crippen molar-refractivity contribution in [3.05, 3.63) is 35.9 Å². The van der Waals surface area contributed by atoms with E-state index in [1.165, 1.54) is 51.8 Å². The third-order valence-electron chi connectivity index (χ3n) is 5.80. The first-order chi connectivity index (χ1) is 13.1. The van der Waals surface area contributed by atoms with E-state index in [1.807, 2.05) is 30.3 Å². The zero-order valence-corrected chi connectivity index (χ0v) is 21.3. The van der Waals surface area contributed by atoms with E-state index in [-0.39, 0.29) is 5.91 Å². The van der Waals surface area contributed by atoms with Crippen LogP contribution in [0.3, 0.4) is 0 Å². The van der Waals surface area contributed by atoms with E-state index in [4.69, 9.17) is 0 Å². The van der Waals surface area contributed by atoms with Gasteiger partial charge in [-0.25, -0.2) is 0 Å². The molecule has 1 aromatic rings. The third-order valence-corrected chi connectivity index (χ3v) is 20.9. The Kier molecular flexibility index (Phi) is 13.2. The van der Waals surface area contributed by atoms with Crippen molar-refractivity contribution in [2.45, 2.75) is 92.4 Å². The van der Waals surface area contributed by atoms with Gasteiger partial charge in [0.2, 0.25) is 0 Å². The van der Waals surface area contributed by atoms with Crippen LogP contribution in [0.15, 0.2) is 30.3 Å². The van der Waals surface area contributed by atoms with E-state index < -0.39 is 18.4 Å². The monoisotopic (exact) mass is 481 g/mol. The Bertz CT molecular complexity index is 481. The number of carbonyl (C=O) groups is 1. The van der Waals surface area contributed by atoms with Crippen LogP contribution in [0.5, 0.6) is 0 Å². The molecule has 27 heavy (non-hydrogen) atoms. The maximum absolute atomic E-state index is 13.3. The molecule has 2 nitrogen and oxygen atoms in total. The van der Waals surface area contributed by atoms with Gasteiger partial charge in [-0.2, -0.15) is 0 Å². The molecule has 0 fully saturated rings. The number of hydrogen-bond acceptors (Lipinski definition) is 1. The number of nitrogens with zero attached hydrogens (tertiary/aromatic N) is 1. The first kappa shape index (κ1) is 24.5. The SMILES string of the molecule is CCCCN([CH2][Sn]([CH2]CCC)([CH2]CCC)[CH2]CCC)C(=O)c1ccccc1. The Labute approximate surface area is 173 Å². The molecule has 0 unspecified atom stereocenters. The second-order valence-electron chi connectivity index (χ2n) is 8.26. The quantitative estimate of drug-likeness (QED) is 0.241. The first-order valence-corrected chi connectivity index (χ1v) is 19.5. The number of rotatable bonds is 15. The maximum atomic E-state index is 13.3. The molecule has 0 saturated carbocycles. The van der Waals surface area contributed by atoms with E-state index in [2.05, 4.69) is 32.6 Å². The summed E-state index contributed by atoms with van der Waals surface area (Å²) in [5.74, 6) is 0.273. The first-order valence-electron chi connectivity index (χ1n) is 11.5. The van der Waals surface area contributed by atoms with Crippen LogP contribution in [-0.4, -0.2) is 40.3 Å². The molecule has 1 amide bonds. The van der Waals surface area contributed by atoms with Crippen LogP contribution < -0.4 is 0 Å². The number of amides is 1. The van der Waals surface area contributed by atoms with E-state index in [0.717, 1.165) is 29.5 Å². The second-order valence-corrected chi connectivity index (χ2v) is 22.0. The van der Waals surface area contributed by atoms with Crippen LogP contribution in [0.1, 0.15) is 89.4 Å². The average Bonchev–Trinajstić information content (AvgIpc) is 2.72. The number of hydrogen-bond donors (Lipinski definition) is 0. The molecule has 0 heterocycles. The van der Waals surface area contributed by atoms with Crippen LogP contribution in [0, 0.1) is 0 Å². The van der Waals surface area contributed by atoms with Gasteiger partial charge in [-0.15, -0.1) is 0 Å². The molecule has 0 bridgehead atoms.